The van der Waals surface area contributed by atoms with E-state index in [1.54, 1.807) is 24.0 Å². The predicted molar refractivity (Wildman–Crippen MR) is 102 cm³/mol. The Hall–Kier alpha value is -3.30. The molecular weight excluding hydrogens is 364 g/mol. The van der Waals surface area contributed by atoms with Crippen molar-refractivity contribution in [1.82, 2.24) is 25.2 Å². The van der Waals surface area contributed by atoms with E-state index in [2.05, 4.69) is 15.6 Å². The van der Waals surface area contributed by atoms with Crippen LogP contribution in [0.3, 0.4) is 0 Å². The molecule has 150 valence electrons. The van der Waals surface area contributed by atoms with Crippen LogP contribution in [0.15, 0.2) is 24.3 Å². The molecule has 1 N–H and O–H groups in total. The minimum atomic E-state index is -0.497. The largest absolute Gasteiger partial charge is 0.351 e. The van der Waals surface area contributed by atoms with Crippen molar-refractivity contribution < 1.29 is 14.5 Å². The van der Waals surface area contributed by atoms with Gasteiger partial charge in [-0.25, -0.2) is 4.68 Å². The second-order valence-electron chi connectivity index (χ2n) is 6.14. The molecular formula is C18H24N6O4. The van der Waals surface area contributed by atoms with Gasteiger partial charge in [-0.2, -0.15) is 0 Å². The lowest BCUT2D eigenvalue weighted by molar-refractivity contribution is -0.384. The van der Waals surface area contributed by atoms with Gasteiger partial charge < -0.3 is 10.2 Å². The molecule has 2 aromatic rings. The van der Waals surface area contributed by atoms with Crippen molar-refractivity contribution >= 4 is 17.5 Å². The van der Waals surface area contributed by atoms with Gasteiger partial charge in [-0.1, -0.05) is 11.3 Å². The molecule has 1 aromatic heterocycles. The maximum absolute atomic E-state index is 12.3. The first kappa shape index (κ1) is 21.0. The Morgan fingerprint density at radius 1 is 1.29 bits per heavy atom. The maximum atomic E-state index is 12.3. The van der Waals surface area contributed by atoms with Crippen LogP contribution in [0.2, 0.25) is 0 Å². The second kappa shape index (κ2) is 9.58. The number of carbonyl (C=O) groups excluding carboxylic acids is 2. The molecule has 0 atom stereocenters. The summed E-state index contributed by atoms with van der Waals surface area (Å²) in [5.41, 5.74) is 0.984. The van der Waals surface area contributed by atoms with Crippen LogP contribution >= 0.6 is 0 Å². The Labute approximate surface area is 162 Å². The fourth-order valence-electron chi connectivity index (χ4n) is 2.78. The number of nitrogens with one attached hydrogen (secondary N) is 1. The lowest BCUT2D eigenvalue weighted by Gasteiger charge is -2.18. The molecule has 0 radical (unpaired) electrons. The van der Waals surface area contributed by atoms with Crippen LogP contribution in [0.25, 0.3) is 5.69 Å². The van der Waals surface area contributed by atoms with Gasteiger partial charge in [0.25, 0.3) is 11.6 Å². The molecule has 0 fully saturated rings. The van der Waals surface area contributed by atoms with Crippen molar-refractivity contribution in [2.75, 3.05) is 19.6 Å². The number of carbonyl (C=O) groups is 2. The van der Waals surface area contributed by atoms with Crippen molar-refractivity contribution in [3.8, 4) is 5.69 Å². The van der Waals surface area contributed by atoms with Gasteiger partial charge in [0.05, 0.1) is 16.3 Å². The van der Waals surface area contributed by atoms with Crippen LogP contribution in [0.1, 0.15) is 42.9 Å². The molecule has 1 heterocycles. The van der Waals surface area contributed by atoms with Crippen LogP contribution in [0.4, 0.5) is 5.69 Å². The molecule has 0 aliphatic carbocycles. The van der Waals surface area contributed by atoms with Gasteiger partial charge >= 0.3 is 0 Å². The molecule has 0 bridgehead atoms. The average Bonchev–Trinajstić information content (AvgIpc) is 3.07. The van der Waals surface area contributed by atoms with E-state index in [1.807, 2.05) is 13.8 Å². The van der Waals surface area contributed by atoms with Crippen molar-refractivity contribution in [2.24, 2.45) is 0 Å². The quantitative estimate of drug-likeness (QED) is 0.397. The molecule has 0 spiro atoms. The normalized spacial score (nSPS) is 10.5. The SMILES string of the molecule is CCN(CC)C(=O)CCCNC(=O)c1nnn(-c2cccc([N+](=O)[O-])c2)c1C. The highest BCUT2D eigenvalue weighted by atomic mass is 16.6. The van der Waals surface area contributed by atoms with E-state index in [1.165, 1.54) is 16.8 Å². The van der Waals surface area contributed by atoms with E-state index >= 15 is 0 Å². The van der Waals surface area contributed by atoms with Gasteiger partial charge in [0.15, 0.2) is 5.69 Å². The highest BCUT2D eigenvalue weighted by Crippen LogP contribution is 2.18. The van der Waals surface area contributed by atoms with Crippen molar-refractivity contribution in [3.63, 3.8) is 0 Å². The van der Waals surface area contributed by atoms with Gasteiger partial charge in [-0.3, -0.25) is 19.7 Å². The predicted octanol–water partition coefficient (Wildman–Crippen LogP) is 1.86. The van der Waals surface area contributed by atoms with Crippen LogP contribution < -0.4 is 5.32 Å². The van der Waals surface area contributed by atoms with E-state index in [4.69, 9.17) is 0 Å². The molecule has 0 unspecified atom stereocenters. The zero-order valence-electron chi connectivity index (χ0n) is 16.2. The number of nitrogens with zero attached hydrogens (tertiary/aromatic N) is 5. The van der Waals surface area contributed by atoms with E-state index in [0.717, 1.165) is 0 Å². The number of hydrogen-bond donors (Lipinski definition) is 1. The third-order valence-electron chi connectivity index (χ3n) is 4.36. The molecule has 28 heavy (non-hydrogen) atoms. The van der Waals surface area contributed by atoms with Crippen LogP contribution in [0.5, 0.6) is 0 Å². The van der Waals surface area contributed by atoms with E-state index in [0.29, 0.717) is 43.9 Å². The van der Waals surface area contributed by atoms with Crippen molar-refractivity contribution in [2.45, 2.75) is 33.6 Å². The van der Waals surface area contributed by atoms with E-state index in [9.17, 15) is 19.7 Å². The minimum Gasteiger partial charge on any atom is -0.351 e. The first-order valence-electron chi connectivity index (χ1n) is 9.12. The Kier molecular flexibility index (Phi) is 7.19. The smallest absolute Gasteiger partial charge is 0.273 e. The van der Waals surface area contributed by atoms with Gasteiger partial charge in [0.2, 0.25) is 5.91 Å². The third-order valence-corrected chi connectivity index (χ3v) is 4.36. The molecule has 10 nitrogen and oxygen atoms in total. The van der Waals surface area contributed by atoms with Crippen molar-refractivity contribution in [3.05, 3.63) is 45.8 Å². The molecule has 2 amide bonds. The summed E-state index contributed by atoms with van der Waals surface area (Å²) < 4.78 is 1.38. The number of nitro groups is 1. The Bertz CT molecular complexity index is 860. The highest BCUT2D eigenvalue weighted by Gasteiger charge is 2.18. The molecule has 1 aromatic carbocycles. The summed E-state index contributed by atoms with van der Waals surface area (Å²) in [5, 5.41) is 21.5. The second-order valence-corrected chi connectivity index (χ2v) is 6.14. The number of benzene rings is 1. The standard InChI is InChI=1S/C18H24N6O4/c1-4-22(5-2)16(25)10-7-11-19-18(26)17-13(3)23(21-20-17)14-8-6-9-15(12-14)24(27)28/h6,8-9,12H,4-5,7,10-11H2,1-3H3,(H,19,26). The maximum Gasteiger partial charge on any atom is 0.273 e. The van der Waals surface area contributed by atoms with Gasteiger partial charge in [-0.05, 0) is 33.3 Å². The van der Waals surface area contributed by atoms with E-state index in [-0.39, 0.29) is 17.3 Å². The molecule has 0 aliphatic rings. The van der Waals surface area contributed by atoms with Crippen LogP contribution in [0, 0.1) is 17.0 Å². The van der Waals surface area contributed by atoms with Crippen LogP contribution in [-0.4, -0.2) is 56.3 Å². The number of non-ortho nitro benzene ring substituents is 1. The summed E-state index contributed by atoms with van der Waals surface area (Å²) in [6, 6.07) is 5.93. The first-order chi connectivity index (χ1) is 13.4. The number of nitro benzene ring substituents is 1. The zero-order valence-corrected chi connectivity index (χ0v) is 16.2. The average molecular weight is 388 g/mol. The lowest BCUT2D eigenvalue weighted by Crippen LogP contribution is -2.31. The number of hydrogen-bond acceptors (Lipinski definition) is 6. The molecule has 10 heteroatoms. The topological polar surface area (TPSA) is 123 Å². The monoisotopic (exact) mass is 388 g/mol. The summed E-state index contributed by atoms with van der Waals surface area (Å²) in [6.45, 7) is 7.20. The van der Waals surface area contributed by atoms with Gasteiger partial charge in [0, 0.05) is 38.2 Å². The molecule has 0 saturated carbocycles. The van der Waals surface area contributed by atoms with Gasteiger partial charge in [0.1, 0.15) is 0 Å². The highest BCUT2D eigenvalue weighted by molar-refractivity contribution is 5.93. The summed E-state index contributed by atoms with van der Waals surface area (Å²) >= 11 is 0. The van der Waals surface area contributed by atoms with Gasteiger partial charge in [-0.15, -0.1) is 5.10 Å². The van der Waals surface area contributed by atoms with E-state index < -0.39 is 10.8 Å². The number of rotatable bonds is 9. The number of aromatic nitrogens is 3. The first-order valence-corrected chi connectivity index (χ1v) is 9.12. The third kappa shape index (κ3) is 4.90. The van der Waals surface area contributed by atoms with Crippen molar-refractivity contribution in [1.29, 1.82) is 0 Å². The summed E-state index contributed by atoms with van der Waals surface area (Å²) in [5.74, 6) is -0.337. The number of amides is 2. The zero-order chi connectivity index (χ0) is 20.7. The Balaban J connectivity index is 1.98. The Morgan fingerprint density at radius 2 is 2.00 bits per heavy atom. The fraction of sp³-hybridized carbons (Fsp3) is 0.444. The van der Waals surface area contributed by atoms with Crippen LogP contribution in [-0.2, 0) is 4.79 Å². The molecule has 0 saturated heterocycles. The minimum absolute atomic E-state index is 0.0621. The fourth-order valence-corrected chi connectivity index (χ4v) is 2.78. The summed E-state index contributed by atoms with van der Waals surface area (Å²) in [7, 11) is 0. The summed E-state index contributed by atoms with van der Waals surface area (Å²) in [4.78, 5) is 36.5. The lowest BCUT2D eigenvalue weighted by atomic mass is 10.2. The summed E-state index contributed by atoms with van der Waals surface area (Å²) in [6.07, 6.45) is 0.889. The molecule has 2 rings (SSSR count). The Morgan fingerprint density at radius 3 is 2.64 bits per heavy atom. The molecule has 0 aliphatic heterocycles.